The molecule has 0 radical (unpaired) electrons. The van der Waals surface area contributed by atoms with E-state index in [0.717, 1.165) is 30.0 Å². The Labute approximate surface area is 167 Å². The van der Waals surface area contributed by atoms with Gasteiger partial charge in [0.25, 0.3) is 0 Å². The Kier molecular flexibility index (Phi) is 5.85. The molecular weight excluding hydrogens is 352 g/mol. The molecule has 0 N–H and O–H groups in total. The molecule has 1 unspecified atom stereocenters. The Morgan fingerprint density at radius 2 is 2.04 bits per heavy atom. The van der Waals surface area contributed by atoms with Gasteiger partial charge in [0.1, 0.15) is 5.75 Å². The van der Waals surface area contributed by atoms with Crippen LogP contribution in [0.4, 0.5) is 11.4 Å². The minimum atomic E-state index is 0.152. The lowest BCUT2D eigenvalue weighted by Crippen LogP contribution is -2.48. The number of fused-ring (bicyclic) bond motifs is 1. The second kappa shape index (κ2) is 7.97. The normalized spacial score (nSPS) is 18.6. The zero-order valence-corrected chi connectivity index (χ0v) is 18.1. The third-order valence-electron chi connectivity index (χ3n) is 5.48. The van der Waals surface area contributed by atoms with Crippen molar-refractivity contribution in [2.75, 3.05) is 24.8 Å². The van der Waals surface area contributed by atoms with Gasteiger partial charge in [0.2, 0.25) is 0 Å². The van der Waals surface area contributed by atoms with E-state index in [1.807, 2.05) is 18.3 Å². The van der Waals surface area contributed by atoms with Gasteiger partial charge in [-0.2, -0.15) is 0 Å². The Bertz CT molecular complexity index is 844. The molecule has 0 spiro atoms. The van der Waals surface area contributed by atoms with E-state index in [2.05, 4.69) is 63.1 Å². The van der Waals surface area contributed by atoms with Crippen LogP contribution in [0.15, 0.2) is 46.3 Å². The van der Waals surface area contributed by atoms with Crippen LogP contribution < -0.4 is 9.64 Å². The molecule has 0 bridgehead atoms. The van der Waals surface area contributed by atoms with Crippen LogP contribution in [0, 0.1) is 0 Å². The largest absolute Gasteiger partial charge is 0.496 e. The van der Waals surface area contributed by atoms with E-state index in [-0.39, 0.29) is 5.54 Å². The summed E-state index contributed by atoms with van der Waals surface area (Å²) in [4.78, 5) is 8.43. The molecule has 0 amide bonds. The highest BCUT2D eigenvalue weighted by Crippen LogP contribution is 2.45. The lowest BCUT2D eigenvalue weighted by atomic mass is 9.79. The number of ether oxygens (including phenoxy) is 1. The number of anilines is 1. The van der Waals surface area contributed by atoms with E-state index in [1.54, 1.807) is 18.9 Å². The molecule has 0 saturated heterocycles. The average Bonchev–Trinajstić information content (AvgIpc) is 2.65. The maximum absolute atomic E-state index is 5.73. The first-order valence-electron chi connectivity index (χ1n) is 9.58. The monoisotopic (exact) mass is 382 g/mol. The van der Waals surface area contributed by atoms with Crippen molar-refractivity contribution >= 4 is 29.4 Å². The minimum Gasteiger partial charge on any atom is -0.496 e. The molecule has 3 nitrogen and oxygen atoms in total. The van der Waals surface area contributed by atoms with E-state index < -0.39 is 0 Å². The van der Waals surface area contributed by atoms with E-state index >= 15 is 0 Å². The topological polar surface area (TPSA) is 24.8 Å². The first-order valence-corrected chi connectivity index (χ1v) is 10.8. The maximum atomic E-state index is 5.73. The summed E-state index contributed by atoms with van der Waals surface area (Å²) in [6.45, 7) is 10.2. The lowest BCUT2D eigenvalue weighted by Gasteiger charge is -2.47. The lowest BCUT2D eigenvalue weighted by molar-refractivity contribution is 0.377. The molecule has 27 heavy (non-hydrogen) atoms. The van der Waals surface area contributed by atoms with Crippen LogP contribution in [0.25, 0.3) is 0 Å². The molecule has 3 rings (SSSR count). The maximum Gasteiger partial charge on any atom is 0.129 e. The average molecular weight is 383 g/mol. The number of methoxy groups -OCH3 is 1. The van der Waals surface area contributed by atoms with E-state index in [1.165, 1.54) is 16.1 Å². The highest BCUT2D eigenvalue weighted by atomic mass is 32.2. The Morgan fingerprint density at radius 3 is 2.70 bits per heavy atom. The van der Waals surface area contributed by atoms with Crippen LogP contribution in [0.2, 0.25) is 0 Å². The Hall–Kier alpha value is -1.94. The Balaban J connectivity index is 2.06. The van der Waals surface area contributed by atoms with Gasteiger partial charge >= 0.3 is 0 Å². The summed E-state index contributed by atoms with van der Waals surface area (Å²) in [6.07, 6.45) is 5.17. The number of benzene rings is 2. The molecule has 2 aromatic carbocycles. The van der Waals surface area contributed by atoms with Crippen molar-refractivity contribution < 1.29 is 4.74 Å². The first kappa shape index (κ1) is 19.8. The fourth-order valence-corrected chi connectivity index (χ4v) is 4.82. The molecule has 0 saturated carbocycles. The van der Waals surface area contributed by atoms with Crippen LogP contribution in [0.5, 0.6) is 5.75 Å². The predicted octanol–water partition coefficient (Wildman–Crippen LogP) is 6.28. The molecule has 0 fully saturated rings. The number of para-hydroxylation sites is 1. The number of aliphatic imine (C=N–C) groups is 1. The highest BCUT2D eigenvalue weighted by Gasteiger charge is 2.36. The van der Waals surface area contributed by atoms with Gasteiger partial charge in [0, 0.05) is 40.5 Å². The van der Waals surface area contributed by atoms with Gasteiger partial charge in [-0.1, -0.05) is 19.1 Å². The number of thioether (sulfide) groups is 1. The standard InChI is InChI=1S/C23H30N2OS/c1-7-25-20-13-21(26-5)17(12-18(20)16(2)14-23(25,3)4)15-24-19-10-8-9-11-22(19)27-6/h8-13,15-16H,7,14H2,1-6H3. The second-order valence-corrected chi connectivity index (χ2v) is 8.59. The number of nitrogens with zero attached hydrogens (tertiary/aromatic N) is 2. The molecule has 1 aliphatic heterocycles. The zero-order valence-electron chi connectivity index (χ0n) is 17.2. The van der Waals surface area contributed by atoms with Gasteiger partial charge < -0.3 is 9.64 Å². The Morgan fingerprint density at radius 1 is 1.30 bits per heavy atom. The van der Waals surface area contributed by atoms with E-state index in [4.69, 9.17) is 9.73 Å². The first-order chi connectivity index (χ1) is 12.9. The molecule has 2 aromatic rings. The van der Waals surface area contributed by atoms with Gasteiger partial charge in [-0.25, -0.2) is 0 Å². The van der Waals surface area contributed by atoms with Crippen LogP contribution in [0.3, 0.4) is 0 Å². The SMILES string of the molecule is CCN1c2cc(OC)c(C=Nc3ccccc3SC)cc2C(C)CC1(C)C. The summed E-state index contributed by atoms with van der Waals surface area (Å²) in [7, 11) is 1.74. The minimum absolute atomic E-state index is 0.152. The summed E-state index contributed by atoms with van der Waals surface area (Å²) in [5, 5.41) is 0. The molecule has 4 heteroatoms. The van der Waals surface area contributed by atoms with Crippen molar-refractivity contribution in [2.45, 2.75) is 50.5 Å². The van der Waals surface area contributed by atoms with Gasteiger partial charge in [-0.05, 0) is 63.1 Å². The third kappa shape index (κ3) is 3.86. The van der Waals surface area contributed by atoms with Crippen molar-refractivity contribution in [2.24, 2.45) is 4.99 Å². The second-order valence-electron chi connectivity index (χ2n) is 7.74. The third-order valence-corrected chi connectivity index (χ3v) is 6.27. The molecule has 1 atom stereocenters. The molecule has 0 aliphatic carbocycles. The summed E-state index contributed by atoms with van der Waals surface area (Å²) in [5.41, 5.74) is 4.86. The molecule has 0 aromatic heterocycles. The van der Waals surface area contributed by atoms with Crippen molar-refractivity contribution in [3.8, 4) is 5.75 Å². The van der Waals surface area contributed by atoms with Crippen molar-refractivity contribution in [3.05, 3.63) is 47.5 Å². The number of hydrogen-bond donors (Lipinski definition) is 0. The van der Waals surface area contributed by atoms with Crippen LogP contribution in [0.1, 0.15) is 51.2 Å². The highest BCUT2D eigenvalue weighted by molar-refractivity contribution is 7.98. The predicted molar refractivity (Wildman–Crippen MR) is 119 cm³/mol. The summed E-state index contributed by atoms with van der Waals surface area (Å²) in [6, 6.07) is 12.7. The van der Waals surface area contributed by atoms with Gasteiger partial charge in [0.15, 0.2) is 0 Å². The van der Waals surface area contributed by atoms with Gasteiger partial charge in [-0.15, -0.1) is 11.8 Å². The molecule has 1 aliphatic rings. The molecule has 1 heterocycles. The summed E-state index contributed by atoms with van der Waals surface area (Å²) >= 11 is 1.72. The molecule has 144 valence electrons. The summed E-state index contributed by atoms with van der Waals surface area (Å²) in [5.74, 6) is 1.39. The van der Waals surface area contributed by atoms with E-state index in [9.17, 15) is 0 Å². The smallest absolute Gasteiger partial charge is 0.129 e. The summed E-state index contributed by atoms with van der Waals surface area (Å²) < 4.78 is 5.73. The van der Waals surface area contributed by atoms with Crippen molar-refractivity contribution in [1.82, 2.24) is 0 Å². The van der Waals surface area contributed by atoms with Crippen LogP contribution in [-0.4, -0.2) is 31.7 Å². The number of rotatable bonds is 5. The van der Waals surface area contributed by atoms with Gasteiger partial charge in [-0.3, -0.25) is 4.99 Å². The van der Waals surface area contributed by atoms with Crippen LogP contribution in [-0.2, 0) is 0 Å². The number of hydrogen-bond acceptors (Lipinski definition) is 4. The van der Waals surface area contributed by atoms with E-state index in [0.29, 0.717) is 5.92 Å². The zero-order chi connectivity index (χ0) is 19.6. The fourth-order valence-electron chi connectivity index (χ4n) is 4.28. The van der Waals surface area contributed by atoms with Crippen LogP contribution >= 0.6 is 11.8 Å². The molecular formula is C23H30N2OS. The quantitative estimate of drug-likeness (QED) is 0.449. The van der Waals surface area contributed by atoms with Crippen molar-refractivity contribution in [3.63, 3.8) is 0 Å². The fraction of sp³-hybridized carbons (Fsp3) is 0.435. The van der Waals surface area contributed by atoms with Crippen molar-refractivity contribution in [1.29, 1.82) is 0 Å². The van der Waals surface area contributed by atoms with Gasteiger partial charge in [0.05, 0.1) is 12.8 Å².